The average Bonchev–Trinajstić information content (AvgIpc) is 2.67. The fourth-order valence-electron chi connectivity index (χ4n) is 2.91. The van der Waals surface area contributed by atoms with Gasteiger partial charge < -0.3 is 14.5 Å². The molecule has 6 heteroatoms. The molecular weight excluding hydrogens is 363 g/mol. The van der Waals surface area contributed by atoms with Crippen LogP contribution in [0.3, 0.4) is 0 Å². The summed E-state index contributed by atoms with van der Waals surface area (Å²) in [6.45, 7) is 0. The second-order valence-electron chi connectivity index (χ2n) is 6.06. The Morgan fingerprint density at radius 1 is 0.815 bits per heavy atom. The van der Waals surface area contributed by atoms with E-state index >= 15 is 0 Å². The molecule has 0 spiro atoms. The zero-order valence-electron chi connectivity index (χ0n) is 14.4. The van der Waals surface area contributed by atoms with Crippen LogP contribution < -0.4 is 10.0 Å². The van der Waals surface area contributed by atoms with Crippen LogP contribution in [0.2, 0.25) is 0 Å². The van der Waals surface area contributed by atoms with Crippen LogP contribution in [0.15, 0.2) is 84.9 Å². The first-order valence-corrected chi connectivity index (χ1v) is 10.0. The number of esters is 1. The van der Waals surface area contributed by atoms with Crippen LogP contribution in [-0.2, 0) is 9.36 Å². The Bertz CT molecular complexity index is 911. The van der Waals surface area contributed by atoms with Gasteiger partial charge in [-0.15, -0.1) is 0 Å². The topological polar surface area (TPSA) is 83.8 Å². The Hall–Kier alpha value is -2.72. The van der Waals surface area contributed by atoms with Crippen molar-refractivity contribution in [2.75, 3.05) is 0 Å². The first-order chi connectivity index (χ1) is 12.9. The monoisotopic (exact) mass is 382 g/mol. The van der Waals surface area contributed by atoms with Crippen molar-refractivity contribution < 1.29 is 23.9 Å². The minimum atomic E-state index is -4.54. The van der Waals surface area contributed by atoms with Crippen molar-refractivity contribution >= 4 is 18.9 Å². The second-order valence-corrected chi connectivity index (χ2v) is 7.63. The molecule has 0 saturated heterocycles. The lowest BCUT2D eigenvalue weighted by atomic mass is 9.89. The van der Waals surface area contributed by atoms with Gasteiger partial charge in [0.25, 0.3) is 0 Å². The van der Waals surface area contributed by atoms with Crippen molar-refractivity contribution in [3.63, 3.8) is 0 Å². The largest absolute Gasteiger partial charge is 0.426 e. The summed E-state index contributed by atoms with van der Waals surface area (Å²) in [6.07, 6.45) is 0.0452. The normalized spacial score (nSPS) is 11.4. The number of ether oxygens (including phenoxy) is 1. The maximum atomic E-state index is 12.6. The van der Waals surface area contributed by atoms with Crippen molar-refractivity contribution in [1.82, 2.24) is 0 Å². The molecule has 138 valence electrons. The van der Waals surface area contributed by atoms with Crippen LogP contribution in [0, 0.1) is 0 Å². The molecule has 5 nitrogen and oxygen atoms in total. The fraction of sp³-hybridized carbons (Fsp3) is 0.0952. The number of carbonyl (C=O) groups excluding carboxylic acids is 1. The Labute approximate surface area is 157 Å². The minimum Gasteiger partial charge on any atom is -0.426 e. The van der Waals surface area contributed by atoms with Crippen LogP contribution in [0.1, 0.15) is 23.5 Å². The summed E-state index contributed by atoms with van der Waals surface area (Å²) in [4.78, 5) is 31.5. The molecule has 0 aromatic heterocycles. The molecule has 2 N–H and O–H groups in total. The number of para-hydroxylation sites is 1. The van der Waals surface area contributed by atoms with Crippen molar-refractivity contribution in [2.24, 2.45) is 0 Å². The molecule has 0 aliphatic carbocycles. The molecule has 0 saturated carbocycles. The standard InChI is InChI=1S/C21H19O5P/c22-21(26-19-13-7-8-14-20(19)27(23,24)25)15-18(16-9-3-1-4-10-16)17-11-5-2-6-12-17/h1-14,18H,15H2,(H2,23,24,25). The van der Waals surface area contributed by atoms with E-state index in [4.69, 9.17) is 4.74 Å². The van der Waals surface area contributed by atoms with Crippen molar-refractivity contribution in [3.8, 4) is 5.75 Å². The lowest BCUT2D eigenvalue weighted by molar-refractivity contribution is -0.134. The summed E-state index contributed by atoms with van der Waals surface area (Å²) in [6, 6.07) is 24.9. The van der Waals surface area contributed by atoms with Gasteiger partial charge >= 0.3 is 13.6 Å². The molecule has 0 amide bonds. The lowest BCUT2D eigenvalue weighted by Crippen LogP contribution is -2.18. The third-order valence-corrected chi connectivity index (χ3v) is 5.17. The molecular formula is C21H19O5P. The highest BCUT2D eigenvalue weighted by atomic mass is 31.2. The molecule has 0 atom stereocenters. The maximum absolute atomic E-state index is 12.6. The smallest absolute Gasteiger partial charge is 0.359 e. The summed E-state index contributed by atoms with van der Waals surface area (Å²) >= 11 is 0. The second kappa shape index (κ2) is 8.31. The van der Waals surface area contributed by atoms with E-state index in [1.165, 1.54) is 18.2 Å². The highest BCUT2D eigenvalue weighted by Gasteiger charge is 2.25. The minimum absolute atomic E-state index is 0.0452. The Morgan fingerprint density at radius 2 is 1.30 bits per heavy atom. The first kappa shape index (κ1) is 19.1. The van der Waals surface area contributed by atoms with E-state index < -0.39 is 13.6 Å². The summed E-state index contributed by atoms with van der Waals surface area (Å²) < 4.78 is 16.9. The van der Waals surface area contributed by atoms with Gasteiger partial charge in [-0.05, 0) is 23.3 Å². The third-order valence-electron chi connectivity index (χ3n) is 4.18. The first-order valence-electron chi connectivity index (χ1n) is 8.41. The molecule has 0 bridgehead atoms. The van der Waals surface area contributed by atoms with Gasteiger partial charge in [0, 0.05) is 5.92 Å². The highest BCUT2D eigenvalue weighted by Crippen LogP contribution is 2.37. The molecule has 0 heterocycles. The van der Waals surface area contributed by atoms with Crippen molar-refractivity contribution in [3.05, 3.63) is 96.1 Å². The van der Waals surface area contributed by atoms with Gasteiger partial charge in [0.2, 0.25) is 0 Å². The van der Waals surface area contributed by atoms with Crippen LogP contribution in [-0.4, -0.2) is 15.8 Å². The zero-order chi connectivity index (χ0) is 19.3. The highest BCUT2D eigenvalue weighted by molar-refractivity contribution is 7.60. The van der Waals surface area contributed by atoms with Gasteiger partial charge in [-0.3, -0.25) is 9.36 Å². The summed E-state index contributed by atoms with van der Waals surface area (Å²) in [5, 5.41) is -0.297. The van der Waals surface area contributed by atoms with Crippen LogP contribution in [0.4, 0.5) is 0 Å². The molecule has 3 aromatic rings. The van der Waals surface area contributed by atoms with E-state index in [1.54, 1.807) is 6.07 Å². The summed E-state index contributed by atoms with van der Waals surface area (Å²) in [5.41, 5.74) is 1.92. The average molecular weight is 382 g/mol. The van der Waals surface area contributed by atoms with E-state index in [2.05, 4.69) is 0 Å². The van der Waals surface area contributed by atoms with Crippen LogP contribution in [0.25, 0.3) is 0 Å². The van der Waals surface area contributed by atoms with Crippen molar-refractivity contribution in [2.45, 2.75) is 12.3 Å². The Morgan fingerprint density at radius 3 is 1.81 bits per heavy atom. The molecule has 3 rings (SSSR count). The predicted molar refractivity (Wildman–Crippen MR) is 103 cm³/mol. The molecule has 3 aromatic carbocycles. The van der Waals surface area contributed by atoms with E-state index in [9.17, 15) is 19.1 Å². The van der Waals surface area contributed by atoms with Gasteiger partial charge in [0.15, 0.2) is 0 Å². The molecule has 0 radical (unpaired) electrons. The maximum Gasteiger partial charge on any atom is 0.359 e. The molecule has 27 heavy (non-hydrogen) atoms. The SMILES string of the molecule is O=C(CC(c1ccccc1)c1ccccc1)Oc1ccccc1P(=O)(O)O. The summed E-state index contributed by atoms with van der Waals surface area (Å²) in [7, 11) is -4.54. The van der Waals surface area contributed by atoms with Crippen LogP contribution in [0.5, 0.6) is 5.75 Å². The van der Waals surface area contributed by atoms with Gasteiger partial charge in [-0.25, -0.2) is 0 Å². The molecule has 0 fully saturated rings. The molecule has 0 aliphatic heterocycles. The van der Waals surface area contributed by atoms with E-state index in [0.29, 0.717) is 0 Å². The third kappa shape index (κ3) is 4.92. The summed E-state index contributed by atoms with van der Waals surface area (Å²) in [5.74, 6) is -0.897. The Balaban J connectivity index is 1.86. The van der Waals surface area contributed by atoms with E-state index in [1.807, 2.05) is 60.7 Å². The fourth-order valence-corrected chi connectivity index (χ4v) is 3.60. The van der Waals surface area contributed by atoms with Gasteiger partial charge in [0.05, 0.1) is 6.42 Å². The quantitative estimate of drug-likeness (QED) is 0.387. The molecule has 0 unspecified atom stereocenters. The van der Waals surface area contributed by atoms with E-state index in [-0.39, 0.29) is 23.4 Å². The number of hydrogen-bond acceptors (Lipinski definition) is 3. The van der Waals surface area contributed by atoms with Gasteiger partial charge in [-0.2, -0.15) is 0 Å². The van der Waals surface area contributed by atoms with Gasteiger partial charge in [0.1, 0.15) is 11.1 Å². The van der Waals surface area contributed by atoms with Crippen molar-refractivity contribution in [1.29, 1.82) is 0 Å². The zero-order valence-corrected chi connectivity index (χ0v) is 15.3. The number of carbonyl (C=O) groups is 1. The van der Waals surface area contributed by atoms with Gasteiger partial charge in [-0.1, -0.05) is 72.8 Å². The number of hydrogen-bond donors (Lipinski definition) is 2. The lowest BCUT2D eigenvalue weighted by Gasteiger charge is -2.18. The number of rotatable bonds is 6. The Kier molecular flexibility index (Phi) is 5.87. The van der Waals surface area contributed by atoms with Crippen LogP contribution >= 0.6 is 7.60 Å². The number of benzene rings is 3. The predicted octanol–water partition coefficient (Wildman–Crippen LogP) is 3.62. The van der Waals surface area contributed by atoms with E-state index in [0.717, 1.165) is 11.1 Å². The molecule has 0 aliphatic rings.